The number of benzene rings is 1. The van der Waals surface area contributed by atoms with Crippen LogP contribution in [0.25, 0.3) is 0 Å². The Labute approximate surface area is 204 Å². The Morgan fingerprint density at radius 2 is 2.16 bits per heavy atom. The van der Waals surface area contributed by atoms with Crippen molar-refractivity contribution in [2.75, 3.05) is 14.2 Å². The third-order valence-corrected chi connectivity index (χ3v) is 12.7. The van der Waals surface area contributed by atoms with Crippen molar-refractivity contribution in [2.24, 2.45) is 11.3 Å². The van der Waals surface area contributed by atoms with E-state index in [0.29, 0.717) is 6.04 Å². The van der Waals surface area contributed by atoms with Crippen LogP contribution in [0.5, 0.6) is 11.5 Å². The molecule has 4 saturated carbocycles. The van der Waals surface area contributed by atoms with E-state index in [1.54, 1.807) is 7.11 Å². The van der Waals surface area contributed by atoms with Gasteiger partial charge in [0.15, 0.2) is 11.5 Å². The first-order valence-corrected chi connectivity index (χ1v) is 13.6. The molecule has 0 amide bonds. The standard InChI is InChI=1S/C26H34INO4/c1-5-6-17(27)22(2,29)16-12-23-9-10-26(16,31-4)21-25(23)13-24(20(23)28-24)11-14-7-8-15(30-3)19(32-21)18(14)25/h7-8,16-17,20-21,28-29H,5-6,9-13H2,1-4H3/t16?,17?,20?,21?,22?,23?,24-,25+,26?/m1/s1. The summed E-state index contributed by atoms with van der Waals surface area (Å²) in [5, 5.41) is 16.1. The fraction of sp³-hybridized carbons (Fsp3) is 0.769. The maximum atomic E-state index is 12.1. The van der Waals surface area contributed by atoms with Gasteiger partial charge < -0.3 is 24.6 Å². The zero-order chi connectivity index (χ0) is 22.3. The van der Waals surface area contributed by atoms with Gasteiger partial charge in [0.2, 0.25) is 0 Å². The summed E-state index contributed by atoms with van der Waals surface area (Å²) in [6, 6.07) is 4.88. The first-order chi connectivity index (χ1) is 15.3. The molecular weight excluding hydrogens is 517 g/mol. The predicted molar refractivity (Wildman–Crippen MR) is 130 cm³/mol. The van der Waals surface area contributed by atoms with E-state index >= 15 is 0 Å². The van der Waals surface area contributed by atoms with E-state index in [0.717, 1.165) is 56.4 Å². The minimum absolute atomic E-state index is 0.0350. The molecule has 1 aromatic carbocycles. The topological polar surface area (TPSA) is 69.9 Å². The Kier molecular flexibility index (Phi) is 3.88. The number of aliphatic hydroxyl groups is 1. The van der Waals surface area contributed by atoms with Crippen molar-refractivity contribution in [1.29, 1.82) is 0 Å². The van der Waals surface area contributed by atoms with Crippen molar-refractivity contribution >= 4 is 22.6 Å². The zero-order valence-electron chi connectivity index (χ0n) is 19.5. The first kappa shape index (κ1) is 20.8. The van der Waals surface area contributed by atoms with Gasteiger partial charge in [-0.2, -0.15) is 0 Å². The maximum absolute atomic E-state index is 12.1. The van der Waals surface area contributed by atoms with Crippen LogP contribution >= 0.6 is 22.6 Å². The van der Waals surface area contributed by atoms with Gasteiger partial charge in [-0.25, -0.2) is 0 Å². The van der Waals surface area contributed by atoms with Gasteiger partial charge in [-0.1, -0.05) is 42.0 Å². The molecule has 5 nitrogen and oxygen atoms in total. The van der Waals surface area contributed by atoms with Crippen LogP contribution in [0.15, 0.2) is 12.1 Å². The second kappa shape index (κ2) is 5.97. The highest BCUT2D eigenvalue weighted by Crippen LogP contribution is 2.83. The summed E-state index contributed by atoms with van der Waals surface area (Å²) in [4.78, 5) is 0. The monoisotopic (exact) mass is 551 g/mol. The van der Waals surface area contributed by atoms with Gasteiger partial charge >= 0.3 is 0 Å². The van der Waals surface area contributed by atoms with E-state index < -0.39 is 11.2 Å². The van der Waals surface area contributed by atoms with E-state index in [-0.39, 0.29) is 32.3 Å². The summed E-state index contributed by atoms with van der Waals surface area (Å²) in [6.45, 7) is 4.28. The average Bonchev–Trinajstić information content (AvgIpc) is 3.27. The van der Waals surface area contributed by atoms with Crippen LogP contribution in [0.2, 0.25) is 0 Å². The van der Waals surface area contributed by atoms with Crippen molar-refractivity contribution < 1.29 is 19.3 Å². The molecule has 0 aromatic heterocycles. The van der Waals surface area contributed by atoms with Gasteiger partial charge in [0.05, 0.1) is 12.7 Å². The Morgan fingerprint density at radius 1 is 1.34 bits per heavy atom. The van der Waals surface area contributed by atoms with Gasteiger partial charge in [-0.05, 0) is 57.1 Å². The Morgan fingerprint density at radius 3 is 2.88 bits per heavy atom. The van der Waals surface area contributed by atoms with Crippen molar-refractivity contribution in [2.45, 2.75) is 97.0 Å². The highest BCUT2D eigenvalue weighted by Gasteiger charge is 2.90. The van der Waals surface area contributed by atoms with Crippen LogP contribution in [0.4, 0.5) is 0 Å². The molecule has 2 N–H and O–H groups in total. The number of rotatable bonds is 6. The van der Waals surface area contributed by atoms with E-state index in [1.165, 1.54) is 11.1 Å². The minimum Gasteiger partial charge on any atom is -0.493 e. The first-order valence-electron chi connectivity index (χ1n) is 12.3. The normalized spacial score (nSPS) is 48.5. The second-order valence-electron chi connectivity index (χ2n) is 11.7. The smallest absolute Gasteiger partial charge is 0.165 e. The van der Waals surface area contributed by atoms with Gasteiger partial charge in [-0.15, -0.1) is 0 Å². The summed E-state index contributed by atoms with van der Waals surface area (Å²) in [7, 11) is 3.60. The average molecular weight is 551 g/mol. The molecule has 2 aliphatic heterocycles. The van der Waals surface area contributed by atoms with Gasteiger partial charge in [0.1, 0.15) is 11.7 Å². The molecule has 5 fully saturated rings. The van der Waals surface area contributed by atoms with E-state index in [1.807, 2.05) is 7.11 Å². The minimum atomic E-state index is -0.814. The molecule has 9 atom stereocenters. The second-order valence-corrected chi connectivity index (χ2v) is 13.2. The summed E-state index contributed by atoms with van der Waals surface area (Å²) >= 11 is 2.49. The lowest BCUT2D eigenvalue weighted by Crippen LogP contribution is -2.77. The number of alkyl halides is 1. The molecule has 3 spiro atoms. The van der Waals surface area contributed by atoms with Crippen LogP contribution in [0.1, 0.15) is 63.5 Å². The largest absolute Gasteiger partial charge is 0.493 e. The molecule has 2 heterocycles. The van der Waals surface area contributed by atoms with Crippen molar-refractivity contribution in [3.8, 4) is 11.5 Å². The van der Waals surface area contributed by atoms with E-state index in [2.05, 4.69) is 53.9 Å². The van der Waals surface area contributed by atoms with Crippen molar-refractivity contribution in [3.05, 3.63) is 23.3 Å². The number of hydrogen-bond acceptors (Lipinski definition) is 5. The Hall–Kier alpha value is -0.570. The van der Waals surface area contributed by atoms with Crippen molar-refractivity contribution in [3.63, 3.8) is 0 Å². The van der Waals surface area contributed by atoms with Crippen molar-refractivity contribution in [1.82, 2.24) is 5.32 Å². The molecule has 1 saturated heterocycles. The molecule has 1 aromatic rings. The fourth-order valence-electron chi connectivity index (χ4n) is 9.66. The number of methoxy groups -OCH3 is 2. The Bertz CT molecular complexity index is 1030. The number of piperidine rings is 1. The van der Waals surface area contributed by atoms with Crippen LogP contribution in [-0.4, -0.2) is 52.1 Å². The molecule has 4 bridgehead atoms. The summed E-state index contributed by atoms with van der Waals surface area (Å²) in [5.41, 5.74) is 1.82. The fourth-order valence-corrected chi connectivity index (χ4v) is 10.7. The quantitative estimate of drug-likeness (QED) is 0.319. The predicted octanol–water partition coefficient (Wildman–Crippen LogP) is 3.90. The lowest BCUT2D eigenvalue weighted by Gasteiger charge is -2.68. The lowest BCUT2D eigenvalue weighted by atomic mass is 9.39. The molecule has 7 unspecified atom stereocenters. The van der Waals surface area contributed by atoms with E-state index in [9.17, 15) is 5.11 Å². The number of nitrogens with one attached hydrogen (secondary N) is 1. The SMILES string of the molecule is CCCC(I)C(C)(O)C1CC23CCC1(OC)C1Oc4c(OC)ccc5c4[C@@]12C[C@@]1(C5)NC31. The van der Waals surface area contributed by atoms with Gasteiger partial charge in [0.25, 0.3) is 0 Å². The molecule has 5 aliphatic carbocycles. The number of halogens is 1. The third kappa shape index (κ3) is 1.92. The molecule has 6 heteroatoms. The summed E-state index contributed by atoms with van der Waals surface area (Å²) in [5.74, 6) is 1.85. The molecule has 8 rings (SSSR count). The zero-order valence-corrected chi connectivity index (χ0v) is 21.6. The van der Waals surface area contributed by atoms with Crippen LogP contribution in [0.3, 0.4) is 0 Å². The highest BCUT2D eigenvalue weighted by molar-refractivity contribution is 14.1. The van der Waals surface area contributed by atoms with Crippen LogP contribution in [-0.2, 0) is 16.6 Å². The maximum Gasteiger partial charge on any atom is 0.165 e. The Balaban J connectivity index is 1.47. The summed E-state index contributed by atoms with van der Waals surface area (Å²) in [6.07, 6.45) is 7.32. The number of fused-ring (bicyclic) bond motifs is 2. The third-order valence-electron chi connectivity index (χ3n) is 10.8. The summed E-state index contributed by atoms with van der Waals surface area (Å²) < 4.78 is 19.6. The molecule has 32 heavy (non-hydrogen) atoms. The van der Waals surface area contributed by atoms with Crippen LogP contribution < -0.4 is 14.8 Å². The van der Waals surface area contributed by atoms with E-state index in [4.69, 9.17) is 14.2 Å². The van der Waals surface area contributed by atoms with Gasteiger partial charge in [-0.3, -0.25) is 0 Å². The number of hydrogen-bond donors (Lipinski definition) is 2. The molecule has 174 valence electrons. The van der Waals surface area contributed by atoms with Gasteiger partial charge in [0, 0.05) is 44.9 Å². The number of ether oxygens (including phenoxy) is 3. The molecule has 7 aliphatic rings. The molecule has 0 radical (unpaired) electrons. The van der Waals surface area contributed by atoms with Crippen LogP contribution in [0, 0.1) is 11.3 Å². The molecular formula is C26H34INO4. The lowest BCUT2D eigenvalue weighted by molar-refractivity contribution is -0.274. The highest BCUT2D eigenvalue weighted by atomic mass is 127.